The van der Waals surface area contributed by atoms with E-state index in [-0.39, 0.29) is 0 Å². The molecular weight excluding hydrogens is 422 g/mol. The highest BCUT2D eigenvalue weighted by atomic mass is 32.1. The van der Waals surface area contributed by atoms with Crippen molar-refractivity contribution in [1.29, 1.82) is 0 Å². The molecule has 4 rings (SSSR count). The summed E-state index contributed by atoms with van der Waals surface area (Å²) in [6.07, 6.45) is -2.91. The summed E-state index contributed by atoms with van der Waals surface area (Å²) in [4.78, 5) is 17.5. The molecule has 10 heteroatoms. The number of carbonyl (C=O) groups excluding carboxylic acids is 1. The number of thiazole rings is 1. The van der Waals surface area contributed by atoms with E-state index in [1.54, 1.807) is 16.0 Å². The molecule has 0 saturated carbocycles. The molecule has 0 unspecified atom stereocenters. The van der Waals surface area contributed by atoms with E-state index < -0.39 is 35.8 Å². The number of fused-ring (bicyclic) bond motifs is 1. The van der Waals surface area contributed by atoms with Gasteiger partial charge in [0.15, 0.2) is 11.6 Å². The van der Waals surface area contributed by atoms with Gasteiger partial charge in [-0.05, 0) is 36.4 Å². The summed E-state index contributed by atoms with van der Waals surface area (Å²) in [5, 5.41) is 4.40. The van der Waals surface area contributed by atoms with E-state index in [0.717, 1.165) is 12.1 Å². The zero-order valence-corrected chi connectivity index (χ0v) is 15.9. The molecule has 0 atom stereocenters. The van der Waals surface area contributed by atoms with E-state index in [9.17, 15) is 22.4 Å². The number of ether oxygens (including phenoxy) is 1. The molecule has 2 aromatic heterocycles. The lowest BCUT2D eigenvalue weighted by Crippen LogP contribution is -2.22. The third-order valence-electron chi connectivity index (χ3n) is 4.19. The predicted molar refractivity (Wildman–Crippen MR) is 104 cm³/mol. The number of alkyl halides is 3. The minimum absolute atomic E-state index is 0.315. The molecule has 0 saturated heterocycles. The molecule has 5 nitrogen and oxygen atoms in total. The van der Waals surface area contributed by atoms with E-state index >= 15 is 0 Å². The smallest absolute Gasteiger partial charge is 0.419 e. The fourth-order valence-corrected chi connectivity index (χ4v) is 3.57. The Labute approximate surface area is 171 Å². The molecule has 154 valence electrons. The summed E-state index contributed by atoms with van der Waals surface area (Å²) in [6.45, 7) is -0.632. The monoisotopic (exact) mass is 435 g/mol. The van der Waals surface area contributed by atoms with Gasteiger partial charge in [0, 0.05) is 17.1 Å². The van der Waals surface area contributed by atoms with Crippen molar-refractivity contribution in [2.75, 3.05) is 11.9 Å². The molecule has 0 aliphatic rings. The number of amides is 1. The number of anilines is 1. The highest BCUT2D eigenvalue weighted by Crippen LogP contribution is 2.36. The lowest BCUT2D eigenvalue weighted by Gasteiger charge is -2.13. The molecule has 0 fully saturated rings. The van der Waals surface area contributed by atoms with Crippen LogP contribution >= 0.6 is 11.3 Å². The maximum atomic E-state index is 13.2. The Morgan fingerprint density at radius 2 is 1.87 bits per heavy atom. The van der Waals surface area contributed by atoms with Gasteiger partial charge in [0.1, 0.15) is 23.1 Å². The summed E-state index contributed by atoms with van der Waals surface area (Å²) in [5.74, 6) is -1.20. The number of halogens is 4. The van der Waals surface area contributed by atoms with Crippen LogP contribution in [0.25, 0.3) is 16.2 Å². The van der Waals surface area contributed by atoms with Crippen molar-refractivity contribution in [3.63, 3.8) is 0 Å². The van der Waals surface area contributed by atoms with Gasteiger partial charge in [-0.1, -0.05) is 12.1 Å². The molecule has 0 aliphatic carbocycles. The number of benzene rings is 2. The molecule has 0 bridgehead atoms. The van der Waals surface area contributed by atoms with Crippen LogP contribution in [0.4, 0.5) is 23.4 Å². The predicted octanol–water partition coefficient (Wildman–Crippen LogP) is 5.24. The van der Waals surface area contributed by atoms with Gasteiger partial charge in [0.05, 0.1) is 5.56 Å². The van der Waals surface area contributed by atoms with Gasteiger partial charge in [-0.25, -0.2) is 9.37 Å². The first kappa shape index (κ1) is 19.9. The van der Waals surface area contributed by atoms with E-state index in [2.05, 4.69) is 10.3 Å². The van der Waals surface area contributed by atoms with Gasteiger partial charge < -0.3 is 10.1 Å². The van der Waals surface area contributed by atoms with Gasteiger partial charge >= 0.3 is 6.18 Å². The molecule has 2 aromatic carbocycles. The van der Waals surface area contributed by atoms with Crippen LogP contribution in [0.5, 0.6) is 5.75 Å². The minimum Gasteiger partial charge on any atom is -0.483 e. The summed E-state index contributed by atoms with van der Waals surface area (Å²) in [5.41, 5.74) is 0.0196. The Morgan fingerprint density at radius 3 is 2.60 bits per heavy atom. The van der Waals surface area contributed by atoms with Crippen molar-refractivity contribution in [2.24, 2.45) is 0 Å². The van der Waals surface area contributed by atoms with Crippen molar-refractivity contribution in [3.05, 3.63) is 71.5 Å². The number of aromatic nitrogens is 2. The molecule has 2 heterocycles. The Bertz CT molecular complexity index is 1200. The zero-order valence-electron chi connectivity index (χ0n) is 15.1. The second-order valence-electron chi connectivity index (χ2n) is 6.20. The third-order valence-corrected chi connectivity index (χ3v) is 4.95. The molecule has 1 N–H and O–H groups in total. The summed E-state index contributed by atoms with van der Waals surface area (Å²) < 4.78 is 59.2. The van der Waals surface area contributed by atoms with Crippen molar-refractivity contribution in [3.8, 4) is 17.0 Å². The van der Waals surface area contributed by atoms with Gasteiger partial charge in [-0.3, -0.25) is 9.20 Å². The normalized spacial score (nSPS) is 11.6. The van der Waals surface area contributed by atoms with Gasteiger partial charge in [-0.2, -0.15) is 13.2 Å². The van der Waals surface area contributed by atoms with Gasteiger partial charge in [0.25, 0.3) is 5.91 Å². The highest BCUT2D eigenvalue weighted by molar-refractivity contribution is 7.15. The maximum Gasteiger partial charge on any atom is 0.419 e. The second-order valence-corrected chi connectivity index (χ2v) is 7.08. The fraction of sp³-hybridized carbons (Fsp3) is 0.100. The standard InChI is InChI=1S/C20H13F4N3O2S/c21-13-7-5-12(6-8-13)17-18(27-9-10-30-19(27)26-17)25-16(28)11-29-15-4-2-1-3-14(15)20(22,23)24/h1-10H,11H2,(H,25,28). The average molecular weight is 435 g/mol. The number of imidazole rings is 1. The van der Waals surface area contributed by atoms with Gasteiger partial charge in [-0.15, -0.1) is 11.3 Å². The fourth-order valence-electron chi connectivity index (χ4n) is 2.85. The molecule has 0 spiro atoms. The third kappa shape index (κ3) is 3.99. The Balaban J connectivity index is 1.56. The highest BCUT2D eigenvalue weighted by Gasteiger charge is 2.34. The van der Waals surface area contributed by atoms with Gasteiger partial charge in [0.2, 0.25) is 0 Å². The zero-order chi connectivity index (χ0) is 21.3. The Morgan fingerprint density at radius 1 is 1.13 bits per heavy atom. The summed E-state index contributed by atoms with van der Waals surface area (Å²) in [7, 11) is 0. The topological polar surface area (TPSA) is 55.6 Å². The lowest BCUT2D eigenvalue weighted by atomic mass is 10.1. The summed E-state index contributed by atoms with van der Waals surface area (Å²) >= 11 is 1.33. The number of hydrogen-bond acceptors (Lipinski definition) is 4. The van der Waals surface area contributed by atoms with E-state index in [1.165, 1.54) is 47.7 Å². The molecular formula is C20H13F4N3O2S. The Hall–Kier alpha value is -3.40. The van der Waals surface area contributed by atoms with E-state index in [4.69, 9.17) is 4.74 Å². The van der Waals surface area contributed by atoms with Crippen LogP contribution in [0.15, 0.2) is 60.1 Å². The van der Waals surface area contributed by atoms with Crippen LogP contribution in [0.1, 0.15) is 5.56 Å². The lowest BCUT2D eigenvalue weighted by molar-refractivity contribution is -0.139. The molecule has 0 aliphatic heterocycles. The number of carbonyl (C=O) groups is 1. The number of nitrogens with one attached hydrogen (secondary N) is 1. The van der Waals surface area contributed by atoms with Crippen LogP contribution in [0.3, 0.4) is 0 Å². The number of nitrogens with zero attached hydrogens (tertiary/aromatic N) is 2. The molecule has 1 amide bonds. The number of rotatable bonds is 5. The second kappa shape index (κ2) is 7.79. The van der Waals surface area contributed by atoms with Crippen LogP contribution in [-0.4, -0.2) is 21.9 Å². The molecule has 0 radical (unpaired) electrons. The first-order chi connectivity index (χ1) is 14.3. The van der Waals surface area contributed by atoms with Crippen molar-refractivity contribution in [1.82, 2.24) is 9.38 Å². The van der Waals surface area contributed by atoms with Crippen molar-refractivity contribution in [2.45, 2.75) is 6.18 Å². The van der Waals surface area contributed by atoms with Crippen LogP contribution in [0, 0.1) is 5.82 Å². The molecule has 4 aromatic rings. The molecule has 30 heavy (non-hydrogen) atoms. The van der Waals surface area contributed by atoms with Crippen LogP contribution in [0.2, 0.25) is 0 Å². The van der Waals surface area contributed by atoms with Crippen molar-refractivity contribution >= 4 is 28.0 Å². The number of para-hydroxylation sites is 1. The quantitative estimate of drug-likeness (QED) is 0.437. The first-order valence-corrected chi connectivity index (χ1v) is 9.51. The summed E-state index contributed by atoms with van der Waals surface area (Å²) in [6, 6.07) is 10.2. The SMILES string of the molecule is O=C(COc1ccccc1C(F)(F)F)Nc1c(-c2ccc(F)cc2)nc2sccn12. The van der Waals surface area contributed by atoms with E-state index in [0.29, 0.717) is 22.0 Å². The van der Waals surface area contributed by atoms with E-state index in [1.807, 2.05) is 0 Å². The average Bonchev–Trinajstić information content (AvgIpc) is 3.29. The van der Waals surface area contributed by atoms with Crippen LogP contribution < -0.4 is 10.1 Å². The van der Waals surface area contributed by atoms with Crippen LogP contribution in [-0.2, 0) is 11.0 Å². The Kier molecular flexibility index (Phi) is 5.17. The van der Waals surface area contributed by atoms with Crippen molar-refractivity contribution < 1.29 is 27.1 Å². The first-order valence-electron chi connectivity index (χ1n) is 8.63. The number of hydrogen-bond donors (Lipinski definition) is 1. The maximum absolute atomic E-state index is 13.2. The minimum atomic E-state index is -4.60. The largest absolute Gasteiger partial charge is 0.483 e.